The van der Waals surface area contributed by atoms with E-state index in [0.717, 1.165) is 0 Å². The van der Waals surface area contributed by atoms with Crippen LogP contribution in [0.15, 0.2) is 12.2 Å². The molecular formula is C9H15NO4. The van der Waals surface area contributed by atoms with Crippen LogP contribution < -0.4 is 5.32 Å². The monoisotopic (exact) mass is 201 g/mol. The zero-order chi connectivity index (χ0) is 11.0. The number of rotatable bonds is 5. The summed E-state index contributed by atoms with van der Waals surface area (Å²) >= 11 is 0. The normalized spacial score (nSPS) is 9.29. The molecule has 0 rings (SSSR count). The smallest absolute Gasteiger partial charge is 0.414 e. The maximum absolute atomic E-state index is 11.1. The van der Waals surface area contributed by atoms with Gasteiger partial charge in [0.2, 0.25) is 0 Å². The van der Waals surface area contributed by atoms with E-state index < -0.39 is 12.0 Å². The van der Waals surface area contributed by atoms with Crippen LogP contribution >= 0.6 is 0 Å². The van der Waals surface area contributed by atoms with Gasteiger partial charge in [-0.25, -0.2) is 4.79 Å². The molecule has 0 radical (unpaired) electrons. The Morgan fingerprint density at radius 3 is 2.43 bits per heavy atom. The standard InChI is InChI=1S/C9H15NO4/c1-4-13-6-7(3)8(11)10-9(12)14-5-2/h3-6H2,1-2H3,(H,10,11,12). The summed E-state index contributed by atoms with van der Waals surface area (Å²) in [6.45, 7) is 7.74. The minimum atomic E-state index is -0.768. The number of carbonyl (C=O) groups excluding carboxylic acids is 2. The van der Waals surface area contributed by atoms with E-state index in [1.54, 1.807) is 13.8 Å². The van der Waals surface area contributed by atoms with E-state index in [9.17, 15) is 9.59 Å². The molecule has 0 bridgehead atoms. The van der Waals surface area contributed by atoms with Crippen LogP contribution in [0.2, 0.25) is 0 Å². The van der Waals surface area contributed by atoms with E-state index in [0.29, 0.717) is 6.61 Å². The molecule has 0 aromatic carbocycles. The Balaban J connectivity index is 3.83. The zero-order valence-electron chi connectivity index (χ0n) is 8.46. The summed E-state index contributed by atoms with van der Waals surface area (Å²) in [7, 11) is 0. The second-order valence-electron chi connectivity index (χ2n) is 2.42. The molecule has 0 aromatic rings. The maximum Gasteiger partial charge on any atom is 0.414 e. The lowest BCUT2D eigenvalue weighted by molar-refractivity contribution is -0.117. The van der Waals surface area contributed by atoms with Crippen molar-refractivity contribution in [3.05, 3.63) is 12.2 Å². The van der Waals surface area contributed by atoms with Gasteiger partial charge in [0.15, 0.2) is 0 Å². The van der Waals surface area contributed by atoms with Crippen LogP contribution in [0, 0.1) is 0 Å². The summed E-state index contributed by atoms with van der Waals surface area (Å²) < 4.78 is 9.46. The van der Waals surface area contributed by atoms with Crippen LogP contribution in [-0.2, 0) is 14.3 Å². The molecule has 2 amide bonds. The maximum atomic E-state index is 11.1. The summed E-state index contributed by atoms with van der Waals surface area (Å²) in [5.74, 6) is -0.572. The molecule has 0 heterocycles. The number of carbonyl (C=O) groups is 2. The van der Waals surface area contributed by atoms with Gasteiger partial charge in [0.1, 0.15) is 0 Å². The number of nitrogens with one attached hydrogen (secondary N) is 1. The highest BCUT2D eigenvalue weighted by Gasteiger charge is 2.11. The van der Waals surface area contributed by atoms with Crippen molar-refractivity contribution in [1.82, 2.24) is 5.32 Å². The number of alkyl carbamates (subject to hydrolysis) is 1. The number of imide groups is 1. The Labute approximate surface area is 83.1 Å². The molecule has 5 heteroatoms. The van der Waals surface area contributed by atoms with E-state index in [4.69, 9.17) is 4.74 Å². The van der Waals surface area contributed by atoms with E-state index in [2.05, 4.69) is 11.3 Å². The molecule has 1 N–H and O–H groups in total. The van der Waals surface area contributed by atoms with E-state index >= 15 is 0 Å². The summed E-state index contributed by atoms with van der Waals surface area (Å²) in [6.07, 6.45) is -0.768. The third kappa shape index (κ3) is 5.31. The first-order chi connectivity index (χ1) is 6.61. The SMILES string of the molecule is C=C(COCC)C(=O)NC(=O)OCC. The van der Waals surface area contributed by atoms with Crippen molar-refractivity contribution in [3.63, 3.8) is 0 Å². The Kier molecular flexibility index (Phi) is 6.39. The van der Waals surface area contributed by atoms with Gasteiger partial charge in [-0.1, -0.05) is 6.58 Å². The average molecular weight is 201 g/mol. The molecule has 0 aliphatic rings. The number of amides is 2. The van der Waals surface area contributed by atoms with Gasteiger partial charge < -0.3 is 9.47 Å². The molecule has 0 fully saturated rings. The van der Waals surface area contributed by atoms with Gasteiger partial charge >= 0.3 is 6.09 Å². The van der Waals surface area contributed by atoms with E-state index in [1.165, 1.54) is 0 Å². The fourth-order valence-electron chi connectivity index (χ4n) is 0.639. The number of ether oxygens (including phenoxy) is 2. The third-order valence-electron chi connectivity index (χ3n) is 1.29. The molecule has 0 aliphatic carbocycles. The molecule has 0 aromatic heterocycles. The lowest BCUT2D eigenvalue weighted by atomic mass is 10.3. The second kappa shape index (κ2) is 7.08. The largest absolute Gasteiger partial charge is 0.450 e. The minimum absolute atomic E-state index is 0.113. The van der Waals surface area contributed by atoms with E-state index in [-0.39, 0.29) is 18.8 Å². The topological polar surface area (TPSA) is 64.6 Å². The highest BCUT2D eigenvalue weighted by molar-refractivity contribution is 6.02. The van der Waals surface area contributed by atoms with Crippen molar-refractivity contribution in [2.24, 2.45) is 0 Å². The van der Waals surface area contributed by atoms with Crippen molar-refractivity contribution in [3.8, 4) is 0 Å². The molecule has 0 atom stereocenters. The zero-order valence-corrected chi connectivity index (χ0v) is 8.46. The predicted octanol–water partition coefficient (Wildman–Crippen LogP) is 0.852. The highest BCUT2D eigenvalue weighted by atomic mass is 16.5. The number of hydrogen-bond donors (Lipinski definition) is 1. The number of hydrogen-bond acceptors (Lipinski definition) is 4. The molecule has 0 saturated carbocycles. The highest BCUT2D eigenvalue weighted by Crippen LogP contribution is 1.92. The summed E-state index contributed by atoms with van der Waals surface area (Å²) in [5.41, 5.74) is 0.194. The Hall–Kier alpha value is -1.36. The quantitative estimate of drug-likeness (QED) is 0.670. The Morgan fingerprint density at radius 1 is 1.29 bits per heavy atom. The molecule has 14 heavy (non-hydrogen) atoms. The van der Waals surface area contributed by atoms with Gasteiger partial charge in [-0.05, 0) is 13.8 Å². The van der Waals surface area contributed by atoms with Crippen LogP contribution in [0.3, 0.4) is 0 Å². The molecule has 0 aliphatic heterocycles. The summed E-state index contributed by atoms with van der Waals surface area (Å²) in [4.78, 5) is 21.9. The Morgan fingerprint density at radius 2 is 1.93 bits per heavy atom. The van der Waals surface area contributed by atoms with Gasteiger partial charge in [-0.2, -0.15) is 0 Å². The minimum Gasteiger partial charge on any atom is -0.450 e. The lowest BCUT2D eigenvalue weighted by Crippen LogP contribution is -2.33. The Bertz CT molecular complexity index is 225. The molecule has 0 unspecified atom stereocenters. The van der Waals surface area contributed by atoms with Gasteiger partial charge in [0.25, 0.3) is 5.91 Å². The third-order valence-corrected chi connectivity index (χ3v) is 1.29. The van der Waals surface area contributed by atoms with E-state index in [1.807, 2.05) is 5.32 Å². The van der Waals surface area contributed by atoms with Crippen molar-refractivity contribution in [2.75, 3.05) is 19.8 Å². The van der Waals surface area contributed by atoms with Crippen LogP contribution in [0.5, 0.6) is 0 Å². The molecule has 0 spiro atoms. The van der Waals surface area contributed by atoms with Gasteiger partial charge in [-0.3, -0.25) is 10.1 Å². The molecule has 0 saturated heterocycles. The molecule has 5 nitrogen and oxygen atoms in total. The first-order valence-electron chi connectivity index (χ1n) is 4.35. The van der Waals surface area contributed by atoms with Crippen molar-refractivity contribution in [1.29, 1.82) is 0 Å². The molecule has 80 valence electrons. The van der Waals surface area contributed by atoms with Crippen LogP contribution in [0.1, 0.15) is 13.8 Å². The summed E-state index contributed by atoms with van der Waals surface area (Å²) in [6, 6.07) is 0. The van der Waals surface area contributed by atoms with Crippen LogP contribution in [0.4, 0.5) is 4.79 Å². The summed E-state index contributed by atoms with van der Waals surface area (Å²) in [5, 5.41) is 2.01. The lowest BCUT2D eigenvalue weighted by Gasteiger charge is -2.06. The van der Waals surface area contributed by atoms with Crippen molar-refractivity contribution in [2.45, 2.75) is 13.8 Å². The van der Waals surface area contributed by atoms with Gasteiger partial charge in [-0.15, -0.1) is 0 Å². The van der Waals surface area contributed by atoms with Crippen molar-refractivity contribution < 1.29 is 19.1 Å². The first kappa shape index (κ1) is 12.6. The predicted molar refractivity (Wildman–Crippen MR) is 50.8 cm³/mol. The van der Waals surface area contributed by atoms with Crippen LogP contribution in [-0.4, -0.2) is 31.8 Å². The molecular weight excluding hydrogens is 186 g/mol. The van der Waals surface area contributed by atoms with Crippen molar-refractivity contribution >= 4 is 12.0 Å². The second-order valence-corrected chi connectivity index (χ2v) is 2.42. The first-order valence-corrected chi connectivity index (χ1v) is 4.35. The van der Waals surface area contributed by atoms with Gasteiger partial charge in [0.05, 0.1) is 13.2 Å². The van der Waals surface area contributed by atoms with Gasteiger partial charge in [0, 0.05) is 12.2 Å². The average Bonchev–Trinajstić information content (AvgIpc) is 2.14. The fraction of sp³-hybridized carbons (Fsp3) is 0.556. The fourth-order valence-corrected chi connectivity index (χ4v) is 0.639. The van der Waals surface area contributed by atoms with Crippen LogP contribution in [0.25, 0.3) is 0 Å².